The van der Waals surface area contributed by atoms with Crippen molar-refractivity contribution in [3.8, 4) is 11.6 Å². The summed E-state index contributed by atoms with van der Waals surface area (Å²) in [6.07, 6.45) is 3.23. The number of fused-ring (bicyclic) bond motifs is 1. The minimum atomic E-state index is -0.474. The van der Waals surface area contributed by atoms with E-state index in [1.54, 1.807) is 48.7 Å². The van der Waals surface area contributed by atoms with E-state index in [0.29, 0.717) is 52.6 Å². The summed E-state index contributed by atoms with van der Waals surface area (Å²) in [6, 6.07) is 27.6. The summed E-state index contributed by atoms with van der Waals surface area (Å²) in [7, 11) is -0.238. The zero-order valence-corrected chi connectivity index (χ0v) is 33.9. The van der Waals surface area contributed by atoms with Crippen molar-refractivity contribution >= 4 is 64.7 Å². The Morgan fingerprint density at radius 3 is 2.40 bits per heavy atom. The fraction of sp³-hybridized carbons (Fsp3) is 0.279. The van der Waals surface area contributed by atoms with E-state index in [4.69, 9.17) is 14.9 Å². The largest absolute Gasteiger partial charge is 0.438 e. The molecule has 6 N–H and O–H groups in total. The van der Waals surface area contributed by atoms with Gasteiger partial charge in [-0.05, 0) is 61.1 Å². The highest BCUT2D eigenvalue weighted by Crippen LogP contribution is 2.34. The van der Waals surface area contributed by atoms with Crippen molar-refractivity contribution in [3.63, 3.8) is 0 Å². The molecule has 1 aromatic heterocycles. The number of hydrogen-bond donors (Lipinski definition) is 6. The number of amides is 3. The van der Waals surface area contributed by atoms with Crippen molar-refractivity contribution in [2.75, 3.05) is 68.7 Å². The van der Waals surface area contributed by atoms with Gasteiger partial charge in [-0.2, -0.15) is 4.98 Å². The maximum atomic E-state index is 13.5. The number of aromatic nitrogens is 2. The third-order valence-corrected chi connectivity index (χ3v) is 10.5. The highest BCUT2D eigenvalue weighted by molar-refractivity contribution is 7.64. The number of urea groups is 1. The molecule has 57 heavy (non-hydrogen) atoms. The molecular formula is C43H50N9O4P. The first kappa shape index (κ1) is 40.8. The Kier molecular flexibility index (Phi) is 13.5. The number of carbonyl (C=O) groups is 2. The first-order chi connectivity index (χ1) is 27.4. The van der Waals surface area contributed by atoms with Gasteiger partial charge in [0.2, 0.25) is 11.8 Å². The Morgan fingerprint density at radius 1 is 0.912 bits per heavy atom. The van der Waals surface area contributed by atoms with Gasteiger partial charge in [-0.1, -0.05) is 71.2 Å². The van der Waals surface area contributed by atoms with E-state index in [9.17, 15) is 9.59 Å². The van der Waals surface area contributed by atoms with Crippen LogP contribution in [-0.4, -0.2) is 85.2 Å². The van der Waals surface area contributed by atoms with Crippen LogP contribution in [0.15, 0.2) is 109 Å². The second-order valence-corrected chi connectivity index (χ2v) is 17.1. The van der Waals surface area contributed by atoms with E-state index in [2.05, 4.69) is 66.9 Å². The van der Waals surface area contributed by atoms with E-state index >= 15 is 0 Å². The summed E-state index contributed by atoms with van der Waals surface area (Å²) in [5.74, 6) is 1.35. The molecule has 5 aromatic rings. The normalized spacial score (nSPS) is 13.5. The van der Waals surface area contributed by atoms with Gasteiger partial charge in [0.25, 0.3) is 5.91 Å². The van der Waals surface area contributed by atoms with Crippen LogP contribution < -0.4 is 36.6 Å². The minimum absolute atomic E-state index is 0.158. The number of rotatable bonds is 14. The maximum absolute atomic E-state index is 13.5. The number of morpholine rings is 1. The number of carbonyl (C=O) groups excluding carboxylic acids is 2. The molecule has 0 atom stereocenters. The second kappa shape index (κ2) is 18.8. The predicted octanol–water partition coefficient (Wildman–Crippen LogP) is 7.74. The quantitative estimate of drug-likeness (QED) is 0.0488. The molecule has 0 saturated carbocycles. The van der Waals surface area contributed by atoms with E-state index in [1.165, 1.54) is 5.30 Å². The lowest BCUT2D eigenvalue weighted by molar-refractivity contribution is 0.0383. The topological polar surface area (TPSA) is 166 Å². The van der Waals surface area contributed by atoms with Crippen molar-refractivity contribution in [1.82, 2.24) is 25.5 Å². The first-order valence-electron chi connectivity index (χ1n) is 18.8. The first-order valence-corrected chi connectivity index (χ1v) is 21.1. The SMILES string of the molecule is CP(C)c1ccc(N/C(=C\C(=N)C(C)(C)C)NC(=O)Nc2ccc(Oc3ccnc(Nc4cccc(C(=O)NCCN5CCOCC5)c4)n3)c3ccccc23)cc1. The molecule has 1 saturated heterocycles. The third kappa shape index (κ3) is 11.6. The molecule has 0 radical (unpaired) electrons. The molecule has 4 aromatic carbocycles. The lowest BCUT2D eigenvalue weighted by Crippen LogP contribution is -2.41. The number of ether oxygens (including phenoxy) is 2. The molecule has 1 fully saturated rings. The zero-order valence-electron chi connectivity index (χ0n) is 33.0. The standard InChI is InChI=1S/C43H50N9O4P/c1-43(2,3)37(44)28-38(47-30-13-15-32(16-14-30)57(4)5)50-42(54)49-35-17-18-36(34-12-7-6-11-33(34)35)56-39-19-20-46-41(51-39)48-31-10-8-9-29(27-31)40(53)45-21-22-52-23-25-55-26-24-52/h6-20,27-28,44,47H,21-26H2,1-5H3,(H,45,53)(H,46,48,51)(H2,49,50,54)/b38-28+,44-37?. The molecule has 0 aliphatic carbocycles. The minimum Gasteiger partial charge on any atom is -0.438 e. The van der Waals surface area contributed by atoms with Gasteiger partial charge in [0, 0.05) is 83.4 Å². The van der Waals surface area contributed by atoms with Gasteiger partial charge < -0.3 is 36.2 Å². The predicted molar refractivity (Wildman–Crippen MR) is 231 cm³/mol. The maximum Gasteiger partial charge on any atom is 0.324 e. The smallest absolute Gasteiger partial charge is 0.324 e. The summed E-state index contributed by atoms with van der Waals surface area (Å²) in [5.41, 5.74) is 2.47. The van der Waals surface area contributed by atoms with Crippen molar-refractivity contribution in [2.45, 2.75) is 20.8 Å². The van der Waals surface area contributed by atoms with E-state index in [1.807, 2.05) is 63.2 Å². The number of nitrogens with one attached hydrogen (secondary N) is 6. The third-order valence-electron chi connectivity index (χ3n) is 9.18. The Labute approximate surface area is 334 Å². The summed E-state index contributed by atoms with van der Waals surface area (Å²) in [6.45, 7) is 14.8. The van der Waals surface area contributed by atoms with Crippen molar-refractivity contribution < 1.29 is 19.1 Å². The van der Waals surface area contributed by atoms with E-state index < -0.39 is 11.4 Å². The Balaban J connectivity index is 1.12. The molecule has 14 heteroatoms. The number of allylic oxidation sites excluding steroid dienone is 1. The number of anilines is 4. The van der Waals surface area contributed by atoms with Crippen LogP contribution in [0.5, 0.6) is 11.6 Å². The summed E-state index contributed by atoms with van der Waals surface area (Å²) in [5, 5.41) is 26.7. The highest BCUT2D eigenvalue weighted by Gasteiger charge is 2.18. The number of hydrogen-bond acceptors (Lipinski definition) is 10. The highest BCUT2D eigenvalue weighted by atomic mass is 31.1. The molecule has 0 bridgehead atoms. The van der Waals surface area contributed by atoms with E-state index in [0.717, 1.165) is 49.3 Å². The molecule has 2 heterocycles. The van der Waals surface area contributed by atoms with Gasteiger partial charge in [-0.3, -0.25) is 15.0 Å². The van der Waals surface area contributed by atoms with Crippen molar-refractivity contribution in [3.05, 3.63) is 115 Å². The van der Waals surface area contributed by atoms with Crippen LogP contribution >= 0.6 is 7.92 Å². The molecular weight excluding hydrogens is 738 g/mol. The van der Waals surface area contributed by atoms with Crippen molar-refractivity contribution in [1.29, 1.82) is 5.41 Å². The van der Waals surface area contributed by atoms with Gasteiger partial charge in [-0.15, -0.1) is 0 Å². The molecule has 296 valence electrons. The molecule has 13 nitrogen and oxygen atoms in total. The monoisotopic (exact) mass is 787 g/mol. The fourth-order valence-corrected chi connectivity index (χ4v) is 6.65. The lowest BCUT2D eigenvalue weighted by Gasteiger charge is -2.26. The Hall–Kier alpha value is -5.88. The van der Waals surface area contributed by atoms with Gasteiger partial charge >= 0.3 is 6.03 Å². The molecule has 1 aliphatic heterocycles. The zero-order chi connectivity index (χ0) is 40.4. The average Bonchev–Trinajstić information content (AvgIpc) is 3.19. The van der Waals surface area contributed by atoms with Crippen LogP contribution in [-0.2, 0) is 4.74 Å². The molecule has 0 spiro atoms. The van der Waals surface area contributed by atoms with Crippen LogP contribution in [0.2, 0.25) is 0 Å². The summed E-state index contributed by atoms with van der Waals surface area (Å²) in [4.78, 5) is 37.6. The molecule has 1 aliphatic rings. The van der Waals surface area contributed by atoms with Gasteiger partial charge in [-0.25, -0.2) is 9.78 Å². The van der Waals surface area contributed by atoms with Gasteiger partial charge in [0.05, 0.1) is 18.9 Å². The van der Waals surface area contributed by atoms with Crippen LogP contribution in [0.25, 0.3) is 10.8 Å². The lowest BCUT2D eigenvalue weighted by atomic mass is 9.90. The molecule has 0 unspecified atom stereocenters. The Bertz CT molecular complexity index is 2230. The average molecular weight is 788 g/mol. The van der Waals surface area contributed by atoms with Crippen LogP contribution in [0.1, 0.15) is 31.1 Å². The molecule has 3 amide bonds. The van der Waals surface area contributed by atoms with Crippen molar-refractivity contribution in [2.24, 2.45) is 5.41 Å². The second-order valence-electron chi connectivity index (χ2n) is 14.8. The molecule has 6 rings (SSSR count). The summed E-state index contributed by atoms with van der Waals surface area (Å²) < 4.78 is 11.7. The van der Waals surface area contributed by atoms with Crippen LogP contribution in [0.4, 0.5) is 27.8 Å². The van der Waals surface area contributed by atoms with E-state index in [-0.39, 0.29) is 13.8 Å². The van der Waals surface area contributed by atoms with Gasteiger partial charge in [0.1, 0.15) is 11.6 Å². The van der Waals surface area contributed by atoms with Gasteiger partial charge in [0.15, 0.2) is 0 Å². The van der Waals surface area contributed by atoms with Crippen LogP contribution in [0.3, 0.4) is 0 Å². The fourth-order valence-electron chi connectivity index (χ4n) is 5.90. The number of benzene rings is 4. The van der Waals surface area contributed by atoms with Crippen LogP contribution in [0, 0.1) is 10.8 Å². The number of nitrogens with zero attached hydrogens (tertiary/aromatic N) is 3. The Morgan fingerprint density at radius 2 is 1.67 bits per heavy atom. The summed E-state index contributed by atoms with van der Waals surface area (Å²) >= 11 is 0.